The van der Waals surface area contributed by atoms with Gasteiger partial charge in [-0.2, -0.15) is 4.98 Å². The van der Waals surface area contributed by atoms with Crippen molar-refractivity contribution in [1.29, 1.82) is 0 Å². The molecule has 0 saturated carbocycles. The highest BCUT2D eigenvalue weighted by Crippen LogP contribution is 2.26. The molecule has 5 nitrogen and oxygen atoms in total. The number of nitrogens with zero attached hydrogens (tertiary/aromatic N) is 2. The minimum atomic E-state index is 0.0265. The fourth-order valence-electron chi connectivity index (χ4n) is 2.54. The number of aliphatic hydroxyl groups is 1. The van der Waals surface area contributed by atoms with E-state index in [-0.39, 0.29) is 6.61 Å². The Morgan fingerprint density at radius 2 is 1.76 bits per heavy atom. The summed E-state index contributed by atoms with van der Waals surface area (Å²) >= 11 is 0. The molecular weight excluding hydrogens is 312 g/mol. The summed E-state index contributed by atoms with van der Waals surface area (Å²) in [6, 6.07) is 18.0. The fourth-order valence-corrected chi connectivity index (χ4v) is 2.54. The molecule has 128 valence electrons. The number of aromatic nitrogens is 2. The molecule has 0 fully saturated rings. The van der Waals surface area contributed by atoms with Crippen LogP contribution < -0.4 is 10.6 Å². The van der Waals surface area contributed by atoms with Crippen molar-refractivity contribution >= 4 is 17.5 Å². The molecule has 3 aromatic rings. The van der Waals surface area contributed by atoms with E-state index in [2.05, 4.69) is 40.5 Å². The van der Waals surface area contributed by atoms with Gasteiger partial charge in [0.15, 0.2) is 0 Å². The number of aliphatic hydroxyl groups excluding tert-OH is 1. The van der Waals surface area contributed by atoms with Crippen LogP contribution in [-0.4, -0.2) is 28.2 Å². The number of anilines is 3. The average molecular weight is 334 g/mol. The zero-order valence-electron chi connectivity index (χ0n) is 14.5. The minimum Gasteiger partial charge on any atom is -0.395 e. The molecule has 0 bridgehead atoms. The van der Waals surface area contributed by atoms with Crippen molar-refractivity contribution in [3.05, 3.63) is 65.7 Å². The summed E-state index contributed by atoms with van der Waals surface area (Å²) in [6.07, 6.45) is 0. The summed E-state index contributed by atoms with van der Waals surface area (Å²) in [4.78, 5) is 9.07. The maximum Gasteiger partial charge on any atom is 0.225 e. The lowest BCUT2D eigenvalue weighted by Crippen LogP contribution is -2.10. The van der Waals surface area contributed by atoms with E-state index in [1.807, 2.05) is 48.5 Å². The van der Waals surface area contributed by atoms with Gasteiger partial charge in [0.2, 0.25) is 5.95 Å². The number of benzene rings is 2. The van der Waals surface area contributed by atoms with Crippen LogP contribution in [0.3, 0.4) is 0 Å². The van der Waals surface area contributed by atoms with Crippen LogP contribution >= 0.6 is 0 Å². The zero-order chi connectivity index (χ0) is 17.6. The Balaban J connectivity index is 1.98. The third-order valence-electron chi connectivity index (χ3n) is 4.06. The summed E-state index contributed by atoms with van der Waals surface area (Å²) in [5.41, 5.74) is 5.27. The summed E-state index contributed by atoms with van der Waals surface area (Å²) in [6.45, 7) is 4.60. The normalized spacial score (nSPS) is 10.5. The maximum absolute atomic E-state index is 9.05. The number of hydrogen-bond acceptors (Lipinski definition) is 5. The van der Waals surface area contributed by atoms with Crippen LogP contribution in [-0.2, 0) is 0 Å². The largest absolute Gasteiger partial charge is 0.395 e. The van der Waals surface area contributed by atoms with Gasteiger partial charge in [0.1, 0.15) is 5.82 Å². The second-order valence-corrected chi connectivity index (χ2v) is 5.85. The second-order valence-electron chi connectivity index (χ2n) is 5.85. The van der Waals surface area contributed by atoms with Crippen LogP contribution in [0, 0.1) is 13.8 Å². The monoisotopic (exact) mass is 334 g/mol. The maximum atomic E-state index is 9.05. The predicted molar refractivity (Wildman–Crippen MR) is 102 cm³/mol. The summed E-state index contributed by atoms with van der Waals surface area (Å²) < 4.78 is 0. The summed E-state index contributed by atoms with van der Waals surface area (Å²) in [5, 5.41) is 15.5. The molecule has 0 radical (unpaired) electrons. The van der Waals surface area contributed by atoms with Gasteiger partial charge >= 0.3 is 0 Å². The highest BCUT2D eigenvalue weighted by Gasteiger charge is 2.08. The van der Waals surface area contributed by atoms with Crippen molar-refractivity contribution in [1.82, 2.24) is 9.97 Å². The van der Waals surface area contributed by atoms with E-state index < -0.39 is 0 Å². The molecule has 0 aliphatic carbocycles. The van der Waals surface area contributed by atoms with E-state index in [1.165, 1.54) is 11.1 Å². The van der Waals surface area contributed by atoms with Crippen molar-refractivity contribution in [2.75, 3.05) is 23.8 Å². The molecule has 0 spiro atoms. The van der Waals surface area contributed by atoms with Crippen LogP contribution in [0.15, 0.2) is 54.6 Å². The van der Waals surface area contributed by atoms with Crippen LogP contribution in [0.4, 0.5) is 17.5 Å². The van der Waals surface area contributed by atoms with E-state index in [4.69, 9.17) is 5.11 Å². The number of aryl methyl sites for hydroxylation is 1. The average Bonchev–Trinajstić information content (AvgIpc) is 2.64. The van der Waals surface area contributed by atoms with Gasteiger partial charge in [-0.1, -0.05) is 42.5 Å². The van der Waals surface area contributed by atoms with Gasteiger partial charge in [-0.3, -0.25) is 0 Å². The standard InChI is InChI=1S/C20H22N4O/c1-14-7-6-10-17(15(14)2)22-19-13-18(16-8-4-3-5-9-16)23-20(24-19)21-11-12-25/h3-10,13,25H,11-12H2,1-2H3,(H2,21,22,23,24). The van der Waals surface area contributed by atoms with Crippen LogP contribution in [0.2, 0.25) is 0 Å². The van der Waals surface area contributed by atoms with E-state index in [0.29, 0.717) is 18.3 Å². The summed E-state index contributed by atoms with van der Waals surface area (Å²) in [7, 11) is 0. The Hall–Kier alpha value is -2.92. The van der Waals surface area contributed by atoms with Crippen molar-refractivity contribution in [2.24, 2.45) is 0 Å². The Labute approximate surface area is 147 Å². The fraction of sp³-hybridized carbons (Fsp3) is 0.200. The minimum absolute atomic E-state index is 0.0265. The molecule has 1 heterocycles. The second kappa shape index (κ2) is 7.77. The molecule has 0 amide bonds. The zero-order valence-corrected chi connectivity index (χ0v) is 14.5. The van der Waals surface area contributed by atoms with Gasteiger partial charge in [-0.05, 0) is 31.0 Å². The quantitative estimate of drug-likeness (QED) is 0.637. The lowest BCUT2D eigenvalue weighted by atomic mass is 10.1. The van der Waals surface area contributed by atoms with Crippen molar-refractivity contribution in [2.45, 2.75) is 13.8 Å². The highest BCUT2D eigenvalue weighted by atomic mass is 16.3. The van der Waals surface area contributed by atoms with Gasteiger partial charge in [0.25, 0.3) is 0 Å². The molecule has 1 aromatic heterocycles. The molecule has 0 unspecified atom stereocenters. The lowest BCUT2D eigenvalue weighted by molar-refractivity contribution is 0.311. The Bertz CT molecular complexity index is 850. The van der Waals surface area contributed by atoms with Gasteiger partial charge in [0, 0.05) is 23.9 Å². The molecule has 5 heteroatoms. The van der Waals surface area contributed by atoms with Crippen LogP contribution in [0.25, 0.3) is 11.3 Å². The van der Waals surface area contributed by atoms with Crippen LogP contribution in [0.1, 0.15) is 11.1 Å². The molecule has 3 rings (SSSR count). The molecule has 25 heavy (non-hydrogen) atoms. The Kier molecular flexibility index (Phi) is 5.26. The number of nitrogens with one attached hydrogen (secondary N) is 2. The van der Waals surface area contributed by atoms with E-state index in [9.17, 15) is 0 Å². The SMILES string of the molecule is Cc1cccc(Nc2cc(-c3ccccc3)nc(NCCO)n2)c1C. The van der Waals surface area contributed by atoms with Gasteiger partial charge in [-0.15, -0.1) is 0 Å². The first-order valence-electron chi connectivity index (χ1n) is 8.30. The van der Waals surface area contributed by atoms with Crippen molar-refractivity contribution in [3.63, 3.8) is 0 Å². The Morgan fingerprint density at radius 3 is 2.52 bits per heavy atom. The topological polar surface area (TPSA) is 70.1 Å². The lowest BCUT2D eigenvalue weighted by Gasteiger charge is -2.13. The highest BCUT2D eigenvalue weighted by molar-refractivity contribution is 5.69. The first-order chi connectivity index (χ1) is 12.2. The van der Waals surface area contributed by atoms with Gasteiger partial charge < -0.3 is 15.7 Å². The predicted octanol–water partition coefficient (Wildman–Crippen LogP) is 3.91. The molecule has 0 aliphatic rings. The summed E-state index contributed by atoms with van der Waals surface area (Å²) in [5.74, 6) is 1.20. The molecule has 0 atom stereocenters. The van der Waals surface area contributed by atoms with Gasteiger partial charge in [0.05, 0.1) is 12.3 Å². The van der Waals surface area contributed by atoms with Crippen LogP contribution in [0.5, 0.6) is 0 Å². The molecule has 0 aliphatic heterocycles. The van der Waals surface area contributed by atoms with Crippen molar-refractivity contribution < 1.29 is 5.11 Å². The number of rotatable bonds is 6. The third kappa shape index (κ3) is 4.14. The van der Waals surface area contributed by atoms with E-state index in [1.54, 1.807) is 0 Å². The smallest absolute Gasteiger partial charge is 0.225 e. The van der Waals surface area contributed by atoms with E-state index >= 15 is 0 Å². The number of hydrogen-bond donors (Lipinski definition) is 3. The Morgan fingerprint density at radius 1 is 0.960 bits per heavy atom. The van der Waals surface area contributed by atoms with E-state index in [0.717, 1.165) is 16.9 Å². The molecular formula is C20H22N4O. The third-order valence-corrected chi connectivity index (χ3v) is 4.06. The first-order valence-corrected chi connectivity index (χ1v) is 8.30. The van der Waals surface area contributed by atoms with Crippen molar-refractivity contribution in [3.8, 4) is 11.3 Å². The van der Waals surface area contributed by atoms with Gasteiger partial charge in [-0.25, -0.2) is 4.98 Å². The molecule has 2 aromatic carbocycles. The first kappa shape index (κ1) is 16.9. The molecule has 3 N–H and O–H groups in total. The molecule has 0 saturated heterocycles.